The van der Waals surface area contributed by atoms with Crippen molar-refractivity contribution >= 4 is 30.2 Å². The molecule has 0 aliphatic rings. The second-order valence-corrected chi connectivity index (χ2v) is 8.80. The normalized spacial score (nSPS) is 12.1. The molecule has 0 heterocycles. The number of nitrogens with two attached hydrogens (primary N) is 2. The fourth-order valence-electron chi connectivity index (χ4n) is 4.19. The van der Waals surface area contributed by atoms with Gasteiger partial charge in [0.15, 0.2) is 5.96 Å². The van der Waals surface area contributed by atoms with E-state index in [0.29, 0.717) is 19.4 Å². The SMILES string of the molecule is C[C@H](c1ccccc1)N(C)C(=O)[C@H](CCCN=C(N)N)NC(=O)C(c1ccccc1)c1ccccc1.Cl. The number of nitrogens with zero attached hydrogens (tertiary/aromatic N) is 2. The van der Waals surface area contributed by atoms with Crippen molar-refractivity contribution in [2.45, 2.75) is 37.8 Å². The predicted molar refractivity (Wildman–Crippen MR) is 151 cm³/mol. The van der Waals surface area contributed by atoms with Gasteiger partial charge in [0.25, 0.3) is 0 Å². The van der Waals surface area contributed by atoms with Crippen molar-refractivity contribution in [2.24, 2.45) is 16.5 Å². The van der Waals surface area contributed by atoms with Crippen molar-refractivity contribution < 1.29 is 9.59 Å². The van der Waals surface area contributed by atoms with Crippen molar-refractivity contribution in [3.05, 3.63) is 108 Å². The molecule has 3 aromatic carbocycles. The van der Waals surface area contributed by atoms with Gasteiger partial charge in [0.05, 0.1) is 12.0 Å². The minimum absolute atomic E-state index is 0. The topological polar surface area (TPSA) is 114 Å². The number of aliphatic imine (C=N–C) groups is 1. The Morgan fingerprint density at radius 1 is 0.838 bits per heavy atom. The molecule has 2 amide bonds. The Labute approximate surface area is 225 Å². The number of hydrogen-bond donors (Lipinski definition) is 3. The lowest BCUT2D eigenvalue weighted by molar-refractivity contribution is -0.137. The number of hydrogen-bond acceptors (Lipinski definition) is 3. The number of carbonyl (C=O) groups is 2. The number of rotatable bonds is 11. The molecular weight excluding hydrogens is 486 g/mol. The summed E-state index contributed by atoms with van der Waals surface area (Å²) in [5.41, 5.74) is 13.6. The molecule has 3 aromatic rings. The van der Waals surface area contributed by atoms with E-state index < -0.39 is 12.0 Å². The van der Waals surface area contributed by atoms with Crippen LogP contribution in [-0.4, -0.2) is 42.3 Å². The Balaban J connectivity index is 0.00000481. The highest BCUT2D eigenvalue weighted by atomic mass is 35.5. The highest BCUT2D eigenvalue weighted by Gasteiger charge is 2.30. The first-order valence-corrected chi connectivity index (χ1v) is 12.2. The van der Waals surface area contributed by atoms with Gasteiger partial charge in [-0.2, -0.15) is 0 Å². The Kier molecular flexibility index (Phi) is 11.6. The van der Waals surface area contributed by atoms with Gasteiger partial charge in [-0.15, -0.1) is 12.4 Å². The molecule has 5 N–H and O–H groups in total. The average Bonchev–Trinajstić information content (AvgIpc) is 2.91. The maximum absolute atomic E-state index is 13.7. The van der Waals surface area contributed by atoms with Gasteiger partial charge in [-0.3, -0.25) is 14.6 Å². The molecule has 0 saturated heterocycles. The van der Waals surface area contributed by atoms with Gasteiger partial charge in [-0.05, 0) is 36.5 Å². The van der Waals surface area contributed by atoms with Crippen LogP contribution in [0.4, 0.5) is 0 Å². The van der Waals surface area contributed by atoms with Crippen LogP contribution in [0, 0.1) is 0 Å². The maximum atomic E-state index is 13.7. The van der Waals surface area contributed by atoms with Crippen LogP contribution in [0.2, 0.25) is 0 Å². The van der Waals surface area contributed by atoms with Gasteiger partial charge < -0.3 is 21.7 Å². The summed E-state index contributed by atoms with van der Waals surface area (Å²) < 4.78 is 0. The third-order valence-corrected chi connectivity index (χ3v) is 6.30. The zero-order chi connectivity index (χ0) is 25.9. The highest BCUT2D eigenvalue weighted by molar-refractivity contribution is 5.92. The summed E-state index contributed by atoms with van der Waals surface area (Å²) in [5.74, 6) is -0.931. The molecule has 196 valence electrons. The van der Waals surface area contributed by atoms with E-state index in [4.69, 9.17) is 11.5 Å². The summed E-state index contributed by atoms with van der Waals surface area (Å²) in [7, 11) is 1.76. The molecule has 0 aliphatic carbocycles. The number of halogens is 1. The number of benzene rings is 3. The molecular formula is C29H36ClN5O2. The molecule has 7 nitrogen and oxygen atoms in total. The second-order valence-electron chi connectivity index (χ2n) is 8.80. The van der Waals surface area contributed by atoms with E-state index >= 15 is 0 Å². The van der Waals surface area contributed by atoms with E-state index in [9.17, 15) is 9.59 Å². The van der Waals surface area contributed by atoms with Gasteiger partial charge in [-0.1, -0.05) is 91.0 Å². The van der Waals surface area contributed by atoms with E-state index in [2.05, 4.69) is 10.3 Å². The Morgan fingerprint density at radius 3 is 1.76 bits per heavy atom. The number of amides is 2. The molecule has 3 rings (SSSR count). The minimum Gasteiger partial charge on any atom is -0.370 e. The van der Waals surface area contributed by atoms with E-state index in [-0.39, 0.29) is 36.2 Å². The molecule has 0 fully saturated rings. The number of likely N-dealkylation sites (N-methyl/N-ethyl adjacent to an activating group) is 1. The monoisotopic (exact) mass is 521 g/mol. The van der Waals surface area contributed by atoms with Crippen LogP contribution in [0.5, 0.6) is 0 Å². The summed E-state index contributed by atoms with van der Waals surface area (Å²) >= 11 is 0. The fourth-order valence-corrected chi connectivity index (χ4v) is 4.19. The summed E-state index contributed by atoms with van der Waals surface area (Å²) in [6.45, 7) is 2.35. The average molecular weight is 522 g/mol. The van der Waals surface area contributed by atoms with Crippen LogP contribution in [0.25, 0.3) is 0 Å². The first-order valence-electron chi connectivity index (χ1n) is 12.2. The van der Waals surface area contributed by atoms with E-state index in [1.807, 2.05) is 97.9 Å². The van der Waals surface area contributed by atoms with Gasteiger partial charge in [0.2, 0.25) is 11.8 Å². The molecule has 0 saturated carbocycles. The molecule has 0 aromatic heterocycles. The summed E-state index contributed by atoms with van der Waals surface area (Å²) in [5, 5.41) is 3.05. The molecule has 0 radical (unpaired) electrons. The van der Waals surface area contributed by atoms with Crippen LogP contribution in [-0.2, 0) is 9.59 Å². The van der Waals surface area contributed by atoms with Gasteiger partial charge in [0, 0.05) is 13.6 Å². The number of guanidine groups is 1. The van der Waals surface area contributed by atoms with Crippen molar-refractivity contribution in [1.29, 1.82) is 0 Å². The smallest absolute Gasteiger partial charge is 0.245 e. The Bertz CT molecular complexity index is 1100. The molecule has 0 aliphatic heterocycles. The predicted octanol–water partition coefficient (Wildman–Crippen LogP) is 4.00. The lowest BCUT2D eigenvalue weighted by Gasteiger charge is -2.30. The fraction of sp³-hybridized carbons (Fsp3) is 0.276. The highest BCUT2D eigenvalue weighted by Crippen LogP contribution is 2.26. The van der Waals surface area contributed by atoms with Crippen molar-refractivity contribution in [2.75, 3.05) is 13.6 Å². The number of nitrogens with one attached hydrogen (secondary N) is 1. The third-order valence-electron chi connectivity index (χ3n) is 6.30. The Morgan fingerprint density at radius 2 is 1.30 bits per heavy atom. The van der Waals surface area contributed by atoms with E-state index in [1.54, 1.807) is 11.9 Å². The van der Waals surface area contributed by atoms with E-state index in [0.717, 1.165) is 16.7 Å². The zero-order valence-electron chi connectivity index (χ0n) is 21.3. The van der Waals surface area contributed by atoms with Crippen LogP contribution < -0.4 is 16.8 Å². The van der Waals surface area contributed by atoms with Crippen LogP contribution in [0.1, 0.15) is 48.4 Å². The van der Waals surface area contributed by atoms with Gasteiger partial charge in [-0.25, -0.2) is 0 Å². The minimum atomic E-state index is -0.724. The Hall–Kier alpha value is -3.84. The van der Waals surface area contributed by atoms with Crippen LogP contribution >= 0.6 is 12.4 Å². The molecule has 0 unspecified atom stereocenters. The summed E-state index contributed by atoms with van der Waals surface area (Å²) in [6, 6.07) is 28.1. The van der Waals surface area contributed by atoms with Gasteiger partial charge in [0.1, 0.15) is 6.04 Å². The standard InChI is InChI=1S/C29H35N5O2.ClH/c1-21(22-13-6-3-7-14-22)34(2)28(36)25(19-12-20-32-29(30)31)33-27(35)26(23-15-8-4-9-16-23)24-17-10-5-11-18-24;/h3-11,13-18,21,25-26H,12,19-20H2,1-2H3,(H,33,35)(H4,30,31,32);1H/t21-,25+;/m1./s1. The molecule has 0 spiro atoms. The van der Waals surface area contributed by atoms with Crippen molar-refractivity contribution in [3.8, 4) is 0 Å². The summed E-state index contributed by atoms with van der Waals surface area (Å²) in [4.78, 5) is 33.1. The van der Waals surface area contributed by atoms with Crippen molar-refractivity contribution in [1.82, 2.24) is 10.2 Å². The first-order chi connectivity index (χ1) is 17.4. The second kappa shape index (κ2) is 14.7. The van der Waals surface area contributed by atoms with E-state index in [1.165, 1.54) is 0 Å². The first kappa shape index (κ1) is 29.4. The zero-order valence-corrected chi connectivity index (χ0v) is 22.1. The van der Waals surface area contributed by atoms with Crippen LogP contribution in [0.3, 0.4) is 0 Å². The van der Waals surface area contributed by atoms with Crippen LogP contribution in [0.15, 0.2) is 96.0 Å². The third kappa shape index (κ3) is 8.36. The lowest BCUT2D eigenvalue weighted by Crippen LogP contribution is -2.49. The summed E-state index contributed by atoms with van der Waals surface area (Å²) in [6.07, 6.45) is 0.951. The van der Waals surface area contributed by atoms with Crippen molar-refractivity contribution in [3.63, 3.8) is 0 Å². The quantitative estimate of drug-likeness (QED) is 0.201. The molecule has 37 heavy (non-hydrogen) atoms. The number of carbonyl (C=O) groups excluding carboxylic acids is 2. The maximum Gasteiger partial charge on any atom is 0.245 e. The lowest BCUT2D eigenvalue weighted by atomic mass is 9.90. The molecule has 8 heteroatoms. The molecule has 0 bridgehead atoms. The molecule has 2 atom stereocenters. The largest absolute Gasteiger partial charge is 0.370 e. The van der Waals surface area contributed by atoms with Gasteiger partial charge >= 0.3 is 0 Å².